The molecule has 5 heteroatoms. The third-order valence-electron chi connectivity index (χ3n) is 3.63. The Hall–Kier alpha value is -3.08. The highest BCUT2D eigenvalue weighted by Gasteiger charge is 2.06. The fourth-order valence-electron chi connectivity index (χ4n) is 2.47. The lowest BCUT2D eigenvalue weighted by Gasteiger charge is -2.02. The molecule has 0 saturated carbocycles. The zero-order chi connectivity index (χ0) is 16.2. The number of amides is 1. The van der Waals surface area contributed by atoms with E-state index in [1.807, 2.05) is 42.1 Å². The number of fused-ring (bicyclic) bond motifs is 1. The number of para-hydroxylation sites is 1. The van der Waals surface area contributed by atoms with Crippen molar-refractivity contribution in [1.82, 2.24) is 9.99 Å². The van der Waals surface area contributed by atoms with Crippen LogP contribution in [-0.4, -0.2) is 23.8 Å². The molecule has 1 heterocycles. The lowest BCUT2D eigenvalue weighted by Crippen LogP contribution is -2.17. The van der Waals surface area contributed by atoms with Crippen LogP contribution in [0.25, 0.3) is 10.9 Å². The van der Waals surface area contributed by atoms with Gasteiger partial charge in [0, 0.05) is 35.3 Å². The molecule has 1 aromatic heterocycles. The molecule has 23 heavy (non-hydrogen) atoms. The number of carbonyl (C=O) groups is 1. The van der Waals surface area contributed by atoms with E-state index < -0.39 is 0 Å². The maximum absolute atomic E-state index is 12.1. The number of benzene rings is 2. The van der Waals surface area contributed by atoms with Crippen LogP contribution in [0.4, 0.5) is 0 Å². The van der Waals surface area contributed by atoms with Crippen LogP contribution in [0, 0.1) is 0 Å². The minimum absolute atomic E-state index is 0.277. The van der Waals surface area contributed by atoms with E-state index in [4.69, 9.17) is 4.74 Å². The number of hydrazone groups is 1. The molecule has 0 radical (unpaired) electrons. The Kier molecular flexibility index (Phi) is 4.10. The fourth-order valence-corrected chi connectivity index (χ4v) is 2.47. The van der Waals surface area contributed by atoms with Crippen LogP contribution in [0.5, 0.6) is 5.75 Å². The van der Waals surface area contributed by atoms with E-state index in [0.29, 0.717) is 11.3 Å². The zero-order valence-corrected chi connectivity index (χ0v) is 13.0. The van der Waals surface area contributed by atoms with Crippen molar-refractivity contribution in [3.8, 4) is 5.75 Å². The van der Waals surface area contributed by atoms with Crippen molar-refractivity contribution in [3.63, 3.8) is 0 Å². The van der Waals surface area contributed by atoms with E-state index in [1.54, 1.807) is 37.6 Å². The van der Waals surface area contributed by atoms with Crippen LogP contribution < -0.4 is 10.2 Å². The van der Waals surface area contributed by atoms with E-state index in [1.165, 1.54) is 0 Å². The molecule has 0 saturated heterocycles. The van der Waals surface area contributed by atoms with Gasteiger partial charge in [0.1, 0.15) is 5.75 Å². The van der Waals surface area contributed by atoms with Crippen LogP contribution in [0.3, 0.4) is 0 Å². The Balaban J connectivity index is 1.76. The van der Waals surface area contributed by atoms with Gasteiger partial charge < -0.3 is 9.30 Å². The first-order valence-corrected chi connectivity index (χ1v) is 7.20. The SMILES string of the molecule is COc1cccc(C(=O)N/N=C/c2cn(C)c3ccccc23)c1. The van der Waals surface area contributed by atoms with Crippen LogP contribution in [0.15, 0.2) is 59.8 Å². The van der Waals surface area contributed by atoms with Gasteiger partial charge in [0.15, 0.2) is 0 Å². The summed E-state index contributed by atoms with van der Waals surface area (Å²) in [7, 11) is 3.55. The highest BCUT2D eigenvalue weighted by atomic mass is 16.5. The van der Waals surface area contributed by atoms with E-state index in [2.05, 4.69) is 10.5 Å². The highest BCUT2D eigenvalue weighted by Crippen LogP contribution is 2.18. The summed E-state index contributed by atoms with van der Waals surface area (Å²) in [5.74, 6) is 0.357. The summed E-state index contributed by atoms with van der Waals surface area (Å²) in [6, 6.07) is 15.0. The van der Waals surface area contributed by atoms with Gasteiger partial charge in [-0.05, 0) is 24.3 Å². The van der Waals surface area contributed by atoms with Crippen molar-refractivity contribution < 1.29 is 9.53 Å². The first-order chi connectivity index (χ1) is 11.2. The lowest BCUT2D eigenvalue weighted by atomic mass is 10.2. The molecule has 3 aromatic rings. The second-order valence-electron chi connectivity index (χ2n) is 5.14. The lowest BCUT2D eigenvalue weighted by molar-refractivity contribution is 0.0955. The number of nitrogens with zero attached hydrogens (tertiary/aromatic N) is 2. The molecular weight excluding hydrogens is 290 g/mol. The molecule has 2 aromatic carbocycles. The Morgan fingerprint density at radius 2 is 2.04 bits per heavy atom. The van der Waals surface area contributed by atoms with E-state index in [9.17, 15) is 4.79 Å². The fraction of sp³-hybridized carbons (Fsp3) is 0.111. The number of aryl methyl sites for hydroxylation is 1. The van der Waals surface area contributed by atoms with Gasteiger partial charge in [-0.1, -0.05) is 24.3 Å². The molecule has 0 unspecified atom stereocenters. The van der Waals surface area contributed by atoms with Crippen molar-refractivity contribution >= 4 is 23.0 Å². The average Bonchev–Trinajstić information content (AvgIpc) is 2.91. The number of methoxy groups -OCH3 is 1. The Labute approximate surface area is 134 Å². The molecule has 3 rings (SSSR count). The summed E-state index contributed by atoms with van der Waals surface area (Å²) >= 11 is 0. The van der Waals surface area contributed by atoms with Crippen molar-refractivity contribution in [2.24, 2.45) is 12.1 Å². The number of ether oxygens (including phenoxy) is 1. The van der Waals surface area contributed by atoms with Crippen molar-refractivity contribution in [1.29, 1.82) is 0 Å². The topological polar surface area (TPSA) is 55.6 Å². The van der Waals surface area contributed by atoms with Crippen LogP contribution >= 0.6 is 0 Å². The first kappa shape index (κ1) is 14.8. The molecule has 1 amide bonds. The van der Waals surface area contributed by atoms with Gasteiger partial charge in [-0.25, -0.2) is 5.43 Å². The van der Waals surface area contributed by atoms with Crippen molar-refractivity contribution in [2.75, 3.05) is 7.11 Å². The van der Waals surface area contributed by atoms with E-state index >= 15 is 0 Å². The average molecular weight is 307 g/mol. The van der Waals surface area contributed by atoms with Gasteiger partial charge in [0.05, 0.1) is 13.3 Å². The van der Waals surface area contributed by atoms with Crippen LogP contribution in [0.1, 0.15) is 15.9 Å². The smallest absolute Gasteiger partial charge is 0.271 e. The number of carbonyl (C=O) groups excluding carboxylic acids is 1. The standard InChI is InChI=1S/C18H17N3O2/c1-21-12-14(16-8-3-4-9-17(16)21)11-19-20-18(22)13-6-5-7-15(10-13)23-2/h3-12H,1-2H3,(H,20,22)/b19-11+. The summed E-state index contributed by atoms with van der Waals surface area (Å²) in [6.45, 7) is 0. The molecule has 5 nitrogen and oxygen atoms in total. The van der Waals surface area contributed by atoms with Crippen molar-refractivity contribution in [3.05, 3.63) is 65.9 Å². The van der Waals surface area contributed by atoms with Gasteiger partial charge in [-0.3, -0.25) is 4.79 Å². The minimum atomic E-state index is -0.277. The molecule has 0 fully saturated rings. The third kappa shape index (κ3) is 3.08. The normalized spacial score (nSPS) is 11.0. The van der Waals surface area contributed by atoms with E-state index in [-0.39, 0.29) is 5.91 Å². The van der Waals surface area contributed by atoms with Gasteiger partial charge in [-0.2, -0.15) is 5.10 Å². The molecular formula is C18H17N3O2. The molecule has 0 aliphatic heterocycles. The molecule has 0 bridgehead atoms. The zero-order valence-electron chi connectivity index (χ0n) is 13.0. The second-order valence-corrected chi connectivity index (χ2v) is 5.14. The predicted molar refractivity (Wildman–Crippen MR) is 91.0 cm³/mol. The van der Waals surface area contributed by atoms with Gasteiger partial charge in [-0.15, -0.1) is 0 Å². The first-order valence-electron chi connectivity index (χ1n) is 7.20. The summed E-state index contributed by atoms with van der Waals surface area (Å²) in [5, 5.41) is 5.15. The number of rotatable bonds is 4. The largest absolute Gasteiger partial charge is 0.497 e. The third-order valence-corrected chi connectivity index (χ3v) is 3.63. The number of hydrogen-bond acceptors (Lipinski definition) is 3. The van der Waals surface area contributed by atoms with Gasteiger partial charge >= 0.3 is 0 Å². The summed E-state index contributed by atoms with van der Waals surface area (Å²) in [4.78, 5) is 12.1. The van der Waals surface area contributed by atoms with Gasteiger partial charge in [0.25, 0.3) is 5.91 Å². The summed E-state index contributed by atoms with van der Waals surface area (Å²) < 4.78 is 7.14. The summed E-state index contributed by atoms with van der Waals surface area (Å²) in [5.41, 5.74) is 5.11. The van der Waals surface area contributed by atoms with Crippen LogP contribution in [-0.2, 0) is 7.05 Å². The van der Waals surface area contributed by atoms with Gasteiger partial charge in [0.2, 0.25) is 0 Å². The minimum Gasteiger partial charge on any atom is -0.497 e. The van der Waals surface area contributed by atoms with Crippen LogP contribution in [0.2, 0.25) is 0 Å². The number of aromatic nitrogens is 1. The Bertz CT molecular complexity index is 881. The maximum Gasteiger partial charge on any atom is 0.271 e. The second kappa shape index (κ2) is 6.36. The Morgan fingerprint density at radius 3 is 2.87 bits per heavy atom. The highest BCUT2D eigenvalue weighted by molar-refractivity contribution is 6.00. The number of hydrogen-bond donors (Lipinski definition) is 1. The monoisotopic (exact) mass is 307 g/mol. The molecule has 0 atom stereocenters. The molecule has 1 N–H and O–H groups in total. The Morgan fingerprint density at radius 1 is 1.22 bits per heavy atom. The molecule has 116 valence electrons. The van der Waals surface area contributed by atoms with Crippen molar-refractivity contribution in [2.45, 2.75) is 0 Å². The quantitative estimate of drug-likeness (QED) is 0.595. The predicted octanol–water partition coefficient (Wildman–Crippen LogP) is 2.95. The molecule has 0 spiro atoms. The maximum atomic E-state index is 12.1. The molecule has 0 aliphatic rings. The molecule has 0 aliphatic carbocycles. The summed E-state index contributed by atoms with van der Waals surface area (Å²) in [6.07, 6.45) is 3.63. The number of nitrogens with one attached hydrogen (secondary N) is 1. The van der Waals surface area contributed by atoms with E-state index in [0.717, 1.165) is 16.5 Å².